The third-order valence-corrected chi connectivity index (χ3v) is 4.83. The van der Waals surface area contributed by atoms with Gasteiger partial charge in [0.2, 0.25) is 0 Å². The molecule has 1 fully saturated rings. The Kier molecular flexibility index (Phi) is 5.68. The lowest BCUT2D eigenvalue weighted by Crippen LogP contribution is -2.30. The summed E-state index contributed by atoms with van der Waals surface area (Å²) in [6.07, 6.45) is 11.5. The Morgan fingerprint density at radius 1 is 1.38 bits per heavy atom. The molecule has 2 atom stereocenters. The van der Waals surface area contributed by atoms with Gasteiger partial charge in [-0.1, -0.05) is 12.2 Å². The Labute approximate surface area is 153 Å². The van der Waals surface area contributed by atoms with E-state index in [-0.39, 0.29) is 12.0 Å². The van der Waals surface area contributed by atoms with Crippen molar-refractivity contribution in [2.75, 3.05) is 25.0 Å². The van der Waals surface area contributed by atoms with Gasteiger partial charge in [0, 0.05) is 44.7 Å². The number of aliphatic imine (C=N–C) groups is 1. The maximum atomic E-state index is 8.64. The number of hydrogen-bond donors (Lipinski definition) is 3. The molecule has 1 saturated heterocycles. The molecule has 2 aliphatic rings. The van der Waals surface area contributed by atoms with Crippen molar-refractivity contribution < 1.29 is 0 Å². The van der Waals surface area contributed by atoms with E-state index in [2.05, 4.69) is 19.9 Å². The fraction of sp³-hybridized carbons (Fsp3) is 0.421. The minimum absolute atomic E-state index is 0.194. The molecule has 0 radical (unpaired) electrons. The molecule has 1 aromatic rings. The molecule has 2 unspecified atom stereocenters. The summed E-state index contributed by atoms with van der Waals surface area (Å²) in [6, 6.07) is 1.63. The SMILES string of the molecule is CN=CC(C=N)C1=CCC(N)C(C(=N)c2cc(N3CCCC3)ncn2)=C1. The molecule has 0 spiro atoms. The van der Waals surface area contributed by atoms with Crippen LogP contribution < -0.4 is 10.6 Å². The topological polar surface area (TPSA) is 115 Å². The molecule has 0 aromatic carbocycles. The van der Waals surface area contributed by atoms with Gasteiger partial charge in [0.25, 0.3) is 0 Å². The molecule has 2 heterocycles. The van der Waals surface area contributed by atoms with Crippen molar-refractivity contribution >= 4 is 24.0 Å². The first-order chi connectivity index (χ1) is 12.6. The van der Waals surface area contributed by atoms with Gasteiger partial charge in [-0.3, -0.25) is 10.4 Å². The third-order valence-electron chi connectivity index (χ3n) is 4.83. The van der Waals surface area contributed by atoms with Crippen molar-refractivity contribution in [3.63, 3.8) is 0 Å². The van der Waals surface area contributed by atoms with Gasteiger partial charge in [-0.15, -0.1) is 0 Å². The Bertz CT molecular complexity index is 772. The molecule has 3 rings (SSSR count). The highest BCUT2D eigenvalue weighted by molar-refractivity contribution is 6.11. The van der Waals surface area contributed by atoms with Crippen LogP contribution in [0.15, 0.2) is 40.7 Å². The van der Waals surface area contributed by atoms with Crippen molar-refractivity contribution in [2.45, 2.75) is 25.3 Å². The minimum atomic E-state index is -0.249. The van der Waals surface area contributed by atoms with Crippen molar-refractivity contribution in [3.8, 4) is 0 Å². The third kappa shape index (κ3) is 3.77. The monoisotopic (exact) mass is 351 g/mol. The maximum absolute atomic E-state index is 8.64. The molecule has 1 aromatic heterocycles. The number of rotatable bonds is 6. The summed E-state index contributed by atoms with van der Waals surface area (Å²) in [4.78, 5) is 14.9. The second-order valence-electron chi connectivity index (χ2n) is 6.58. The quantitative estimate of drug-likeness (QED) is 0.680. The molecule has 1 aliphatic carbocycles. The fourth-order valence-corrected chi connectivity index (χ4v) is 3.36. The highest BCUT2D eigenvalue weighted by atomic mass is 15.2. The average Bonchev–Trinajstić information content (AvgIpc) is 3.21. The van der Waals surface area contributed by atoms with E-state index in [1.807, 2.05) is 18.2 Å². The molecule has 0 bridgehead atoms. The molecule has 0 saturated carbocycles. The van der Waals surface area contributed by atoms with Gasteiger partial charge in [0.15, 0.2) is 0 Å². The van der Waals surface area contributed by atoms with E-state index in [1.165, 1.54) is 25.4 Å². The Hall–Kier alpha value is -2.67. The van der Waals surface area contributed by atoms with E-state index < -0.39 is 0 Å². The van der Waals surface area contributed by atoms with E-state index >= 15 is 0 Å². The zero-order chi connectivity index (χ0) is 18.5. The van der Waals surface area contributed by atoms with Crippen LogP contribution in [0.4, 0.5) is 5.82 Å². The van der Waals surface area contributed by atoms with Crippen LogP contribution in [0.5, 0.6) is 0 Å². The van der Waals surface area contributed by atoms with E-state index in [0.717, 1.165) is 30.1 Å². The molecular weight excluding hydrogens is 326 g/mol. The standard InChI is InChI=1S/C19H25N7/c1-23-11-14(10-20)13-4-5-16(21)15(8-13)19(22)17-9-18(25-12-24-17)26-6-2-3-7-26/h4,8-12,14,16,20,22H,2-3,5-7,21H2,1H3. The lowest BCUT2D eigenvalue weighted by atomic mass is 9.86. The van der Waals surface area contributed by atoms with E-state index in [4.69, 9.17) is 16.6 Å². The summed E-state index contributed by atoms with van der Waals surface area (Å²) < 4.78 is 0. The maximum Gasteiger partial charge on any atom is 0.132 e. The molecule has 1 aliphatic heterocycles. The second kappa shape index (κ2) is 8.14. The van der Waals surface area contributed by atoms with Gasteiger partial charge in [-0.2, -0.15) is 0 Å². The molecule has 136 valence electrons. The predicted octanol–water partition coefficient (Wildman–Crippen LogP) is 1.99. The summed E-state index contributed by atoms with van der Waals surface area (Å²) in [6.45, 7) is 1.99. The second-order valence-corrected chi connectivity index (χ2v) is 6.58. The molecule has 7 heteroatoms. The Balaban J connectivity index is 1.88. The number of aromatic nitrogens is 2. The minimum Gasteiger partial charge on any atom is -0.357 e. The van der Waals surface area contributed by atoms with Gasteiger partial charge in [0.05, 0.1) is 17.3 Å². The van der Waals surface area contributed by atoms with Gasteiger partial charge in [0.1, 0.15) is 12.1 Å². The van der Waals surface area contributed by atoms with Crippen molar-refractivity contribution in [3.05, 3.63) is 41.4 Å². The summed E-state index contributed by atoms with van der Waals surface area (Å²) in [5, 5.41) is 16.3. The van der Waals surface area contributed by atoms with Crippen LogP contribution in [0, 0.1) is 16.7 Å². The largest absolute Gasteiger partial charge is 0.357 e. The highest BCUT2D eigenvalue weighted by Gasteiger charge is 2.23. The average molecular weight is 351 g/mol. The van der Waals surface area contributed by atoms with Gasteiger partial charge in [-0.25, -0.2) is 9.97 Å². The van der Waals surface area contributed by atoms with Crippen molar-refractivity contribution in [1.29, 1.82) is 10.8 Å². The summed E-state index contributed by atoms with van der Waals surface area (Å²) in [7, 11) is 1.69. The summed E-state index contributed by atoms with van der Waals surface area (Å²) in [5.74, 6) is 0.675. The van der Waals surface area contributed by atoms with Crippen LogP contribution in [0.25, 0.3) is 0 Å². The smallest absolute Gasteiger partial charge is 0.132 e. The molecule has 7 nitrogen and oxygen atoms in total. The number of anilines is 1. The van der Waals surface area contributed by atoms with Crippen molar-refractivity contribution in [2.24, 2.45) is 16.6 Å². The van der Waals surface area contributed by atoms with E-state index in [9.17, 15) is 0 Å². The first-order valence-corrected chi connectivity index (χ1v) is 8.90. The molecule has 26 heavy (non-hydrogen) atoms. The number of nitrogens with zero attached hydrogens (tertiary/aromatic N) is 4. The Morgan fingerprint density at radius 2 is 2.15 bits per heavy atom. The molecule has 0 amide bonds. The van der Waals surface area contributed by atoms with E-state index in [0.29, 0.717) is 17.8 Å². The van der Waals surface area contributed by atoms with Crippen LogP contribution in [-0.4, -0.2) is 54.3 Å². The lowest BCUT2D eigenvalue weighted by molar-refractivity contribution is 0.786. The molecule has 4 N–H and O–H groups in total. The number of nitrogens with one attached hydrogen (secondary N) is 2. The van der Waals surface area contributed by atoms with Crippen LogP contribution in [-0.2, 0) is 0 Å². The Morgan fingerprint density at radius 3 is 2.85 bits per heavy atom. The van der Waals surface area contributed by atoms with Gasteiger partial charge < -0.3 is 16.0 Å². The predicted molar refractivity (Wildman–Crippen MR) is 106 cm³/mol. The zero-order valence-electron chi connectivity index (χ0n) is 15.0. The van der Waals surface area contributed by atoms with E-state index in [1.54, 1.807) is 13.3 Å². The van der Waals surface area contributed by atoms with Crippen LogP contribution >= 0.6 is 0 Å². The van der Waals surface area contributed by atoms with Gasteiger partial charge >= 0.3 is 0 Å². The summed E-state index contributed by atoms with van der Waals surface area (Å²) in [5.41, 5.74) is 8.85. The first-order valence-electron chi connectivity index (χ1n) is 8.90. The van der Waals surface area contributed by atoms with Gasteiger partial charge in [-0.05, 0) is 30.4 Å². The number of hydrogen-bond acceptors (Lipinski definition) is 7. The lowest BCUT2D eigenvalue weighted by Gasteiger charge is -2.23. The number of allylic oxidation sites excluding steroid dienone is 2. The fourth-order valence-electron chi connectivity index (χ4n) is 3.36. The number of nitrogens with two attached hydrogens (primary N) is 1. The highest BCUT2D eigenvalue weighted by Crippen LogP contribution is 2.25. The zero-order valence-corrected chi connectivity index (χ0v) is 15.0. The van der Waals surface area contributed by atoms with Crippen LogP contribution in [0.2, 0.25) is 0 Å². The van der Waals surface area contributed by atoms with Crippen LogP contribution in [0.3, 0.4) is 0 Å². The first kappa shape index (κ1) is 18.1. The summed E-state index contributed by atoms with van der Waals surface area (Å²) >= 11 is 0. The van der Waals surface area contributed by atoms with Crippen molar-refractivity contribution in [1.82, 2.24) is 9.97 Å². The van der Waals surface area contributed by atoms with Crippen LogP contribution in [0.1, 0.15) is 25.0 Å². The normalized spacial score (nSPS) is 21.5. The molecular formula is C19H25N7.